The van der Waals surface area contributed by atoms with E-state index >= 15 is 0 Å². The summed E-state index contributed by atoms with van der Waals surface area (Å²) < 4.78 is 0. The molecule has 1 aromatic rings. The number of piperidine rings is 1. The number of amides is 1. The van der Waals surface area contributed by atoms with E-state index < -0.39 is 5.97 Å². The van der Waals surface area contributed by atoms with Crippen LogP contribution in [0.25, 0.3) is 0 Å². The van der Waals surface area contributed by atoms with Gasteiger partial charge >= 0.3 is 5.97 Å². The van der Waals surface area contributed by atoms with E-state index in [1.807, 2.05) is 24.0 Å². The Balaban J connectivity index is 0.000000452. The Labute approximate surface area is 175 Å². The summed E-state index contributed by atoms with van der Waals surface area (Å²) in [5.41, 5.74) is 10.2. The van der Waals surface area contributed by atoms with Gasteiger partial charge in [-0.05, 0) is 61.5 Å². The number of aliphatic carboxylic acids is 1. The van der Waals surface area contributed by atoms with Gasteiger partial charge in [-0.3, -0.25) is 9.59 Å². The Morgan fingerprint density at radius 2 is 1.93 bits per heavy atom. The van der Waals surface area contributed by atoms with Gasteiger partial charge in [0.05, 0.1) is 6.42 Å². The van der Waals surface area contributed by atoms with Crippen molar-refractivity contribution in [2.45, 2.75) is 64.3 Å². The molecule has 1 spiro atoms. The number of carboxylic acid groups (broad SMARTS) is 1. The lowest BCUT2D eigenvalue weighted by atomic mass is 9.62. The van der Waals surface area contributed by atoms with Gasteiger partial charge in [0.2, 0.25) is 6.41 Å². The van der Waals surface area contributed by atoms with E-state index in [4.69, 9.17) is 5.73 Å². The predicted octanol–water partition coefficient (Wildman–Crippen LogP) is 4.13. The lowest BCUT2D eigenvalue weighted by Gasteiger charge is -2.46. The van der Waals surface area contributed by atoms with Gasteiger partial charge in [-0.1, -0.05) is 44.3 Å². The summed E-state index contributed by atoms with van der Waals surface area (Å²) in [5, 5.41) is 9.20. The highest BCUT2D eigenvalue weighted by Gasteiger charge is 2.41. The summed E-state index contributed by atoms with van der Waals surface area (Å²) in [6.07, 6.45) is 6.13. The van der Waals surface area contributed by atoms with Crippen LogP contribution in [0.1, 0.15) is 63.0 Å². The molecule has 3 rings (SSSR count). The Hall–Kier alpha value is -2.36. The molecule has 2 aliphatic rings. The van der Waals surface area contributed by atoms with Gasteiger partial charge in [-0.25, -0.2) is 0 Å². The van der Waals surface area contributed by atoms with E-state index in [1.54, 1.807) is 0 Å². The molecule has 0 aromatic heterocycles. The van der Waals surface area contributed by atoms with E-state index in [0.717, 1.165) is 51.6 Å². The largest absolute Gasteiger partial charge is 0.481 e. The van der Waals surface area contributed by atoms with Crippen LogP contribution in [0.15, 0.2) is 43.2 Å². The highest BCUT2D eigenvalue weighted by atomic mass is 16.4. The van der Waals surface area contributed by atoms with Gasteiger partial charge in [-0.2, -0.15) is 0 Å². The first kappa shape index (κ1) is 24.7. The predicted molar refractivity (Wildman–Crippen MR) is 118 cm³/mol. The summed E-state index contributed by atoms with van der Waals surface area (Å²) in [6, 6.07) is 8.64. The van der Waals surface area contributed by atoms with Gasteiger partial charge in [0.1, 0.15) is 0 Å². The molecule has 3 N–H and O–H groups in total. The minimum atomic E-state index is -0.725. The molecule has 5 nitrogen and oxygen atoms in total. The summed E-state index contributed by atoms with van der Waals surface area (Å²) >= 11 is 0. The normalized spacial score (nSPS) is 20.0. The molecule has 29 heavy (non-hydrogen) atoms. The van der Waals surface area contributed by atoms with Crippen molar-refractivity contribution in [3.05, 3.63) is 54.3 Å². The second-order valence-corrected chi connectivity index (χ2v) is 8.15. The van der Waals surface area contributed by atoms with Crippen LogP contribution in [0.4, 0.5) is 0 Å². The molecule has 1 heterocycles. The lowest BCUT2D eigenvalue weighted by Crippen LogP contribution is -2.43. The van der Waals surface area contributed by atoms with E-state index in [-0.39, 0.29) is 17.8 Å². The number of likely N-dealkylation sites (tertiary alicyclic amines) is 1. The number of hydrogen-bond acceptors (Lipinski definition) is 3. The molecule has 2 atom stereocenters. The monoisotopic (exact) mass is 400 g/mol. The van der Waals surface area contributed by atoms with Crippen LogP contribution in [0.5, 0.6) is 0 Å². The molecule has 1 fully saturated rings. The van der Waals surface area contributed by atoms with Crippen molar-refractivity contribution < 1.29 is 14.7 Å². The minimum Gasteiger partial charge on any atom is -0.481 e. The summed E-state index contributed by atoms with van der Waals surface area (Å²) in [4.78, 5) is 23.9. The fourth-order valence-electron chi connectivity index (χ4n) is 4.08. The maximum absolute atomic E-state index is 11.2. The van der Waals surface area contributed by atoms with E-state index in [9.17, 15) is 14.7 Å². The molecule has 0 bridgehead atoms. The van der Waals surface area contributed by atoms with Crippen molar-refractivity contribution in [1.82, 2.24) is 4.90 Å². The number of carbonyl (C=O) groups is 2. The maximum atomic E-state index is 11.2. The van der Waals surface area contributed by atoms with Crippen LogP contribution in [-0.2, 0) is 16.0 Å². The topological polar surface area (TPSA) is 83.6 Å². The second kappa shape index (κ2) is 12.3. The number of fused-ring (bicyclic) bond motifs is 1. The van der Waals surface area contributed by atoms with Crippen LogP contribution in [-0.4, -0.2) is 41.5 Å². The van der Waals surface area contributed by atoms with Crippen molar-refractivity contribution in [2.24, 2.45) is 11.1 Å². The highest BCUT2D eigenvalue weighted by molar-refractivity contribution is 5.68. The first-order valence-corrected chi connectivity index (χ1v) is 10.3. The third kappa shape index (κ3) is 7.88. The third-order valence-corrected chi connectivity index (χ3v) is 5.81. The number of carboxylic acids is 1. The van der Waals surface area contributed by atoms with Gasteiger partial charge < -0.3 is 15.7 Å². The summed E-state index contributed by atoms with van der Waals surface area (Å²) in [7, 11) is 0. The molecular formula is C24H36N2O3. The van der Waals surface area contributed by atoms with E-state index in [1.165, 1.54) is 11.1 Å². The number of rotatable bonds is 4. The van der Waals surface area contributed by atoms with Gasteiger partial charge in [-0.15, -0.1) is 5.73 Å². The molecule has 1 saturated heterocycles. The molecule has 2 unspecified atom stereocenters. The van der Waals surface area contributed by atoms with Crippen molar-refractivity contribution in [1.29, 1.82) is 0 Å². The first-order chi connectivity index (χ1) is 13.8. The summed E-state index contributed by atoms with van der Waals surface area (Å²) in [5.74, 6) is -0.618. The number of hydrogen-bond donors (Lipinski definition) is 2. The van der Waals surface area contributed by atoms with Gasteiger partial charge in [0.25, 0.3) is 0 Å². The standard InChI is InChI=1S/C17H21NO3.C4H11N.C3H4/c19-12-18-7-5-17(6-8-18)10-13-3-1-2-4-15(13)14(11-17)9-16(20)21;1-3-4(2)5;1-3-2/h1-4,12,14H,5-11H2,(H,20,21);4H,3,5H2,1-2H3;1-2H2. The lowest BCUT2D eigenvalue weighted by molar-refractivity contribution is -0.137. The molecule has 1 amide bonds. The minimum absolute atomic E-state index is 0.107. The van der Waals surface area contributed by atoms with E-state index in [2.05, 4.69) is 37.9 Å². The van der Waals surface area contributed by atoms with Crippen molar-refractivity contribution in [3.63, 3.8) is 0 Å². The fraction of sp³-hybridized carbons (Fsp3) is 0.542. The Morgan fingerprint density at radius 1 is 1.38 bits per heavy atom. The Kier molecular flexibility index (Phi) is 10.4. The molecular weight excluding hydrogens is 364 g/mol. The molecule has 1 aliphatic carbocycles. The number of nitrogens with two attached hydrogens (primary N) is 1. The zero-order valence-corrected chi connectivity index (χ0v) is 17.9. The van der Waals surface area contributed by atoms with Crippen LogP contribution in [0, 0.1) is 5.41 Å². The molecule has 1 aliphatic heterocycles. The maximum Gasteiger partial charge on any atom is 0.303 e. The van der Waals surface area contributed by atoms with Crippen LogP contribution >= 0.6 is 0 Å². The molecule has 0 saturated carbocycles. The van der Waals surface area contributed by atoms with Crippen LogP contribution in [0.2, 0.25) is 0 Å². The quantitative estimate of drug-likeness (QED) is 0.588. The zero-order valence-electron chi connectivity index (χ0n) is 17.9. The van der Waals surface area contributed by atoms with Crippen molar-refractivity contribution in [2.75, 3.05) is 13.1 Å². The number of nitrogens with zero attached hydrogens (tertiary/aromatic N) is 1. The average Bonchev–Trinajstić information content (AvgIpc) is 2.69. The van der Waals surface area contributed by atoms with Gasteiger partial charge in [0.15, 0.2) is 0 Å². The van der Waals surface area contributed by atoms with Crippen molar-refractivity contribution >= 4 is 12.4 Å². The fourth-order valence-corrected chi connectivity index (χ4v) is 4.08. The number of carbonyl (C=O) groups excluding carboxylic acids is 1. The molecule has 5 heteroatoms. The van der Waals surface area contributed by atoms with E-state index in [0.29, 0.717) is 6.04 Å². The first-order valence-electron chi connectivity index (χ1n) is 10.3. The molecule has 0 radical (unpaired) electrons. The Bertz CT molecular complexity index is 685. The SMILES string of the molecule is C=C=C.CCC(C)N.O=CN1CCC2(CC1)Cc1ccccc1C(CC(=O)O)C2. The van der Waals surface area contributed by atoms with Crippen LogP contribution < -0.4 is 5.73 Å². The molecule has 160 valence electrons. The summed E-state index contributed by atoms with van der Waals surface area (Å²) in [6.45, 7) is 11.9. The molecule has 1 aromatic carbocycles. The number of benzene rings is 1. The highest BCUT2D eigenvalue weighted by Crippen LogP contribution is 2.49. The average molecular weight is 401 g/mol. The van der Waals surface area contributed by atoms with Crippen LogP contribution in [0.3, 0.4) is 0 Å². The van der Waals surface area contributed by atoms with Gasteiger partial charge in [0, 0.05) is 19.1 Å². The second-order valence-electron chi connectivity index (χ2n) is 8.15. The zero-order chi connectivity index (χ0) is 21.9. The smallest absolute Gasteiger partial charge is 0.303 e. The Morgan fingerprint density at radius 3 is 2.41 bits per heavy atom. The third-order valence-electron chi connectivity index (χ3n) is 5.81. The van der Waals surface area contributed by atoms with Crippen molar-refractivity contribution in [3.8, 4) is 0 Å².